The number of piperidine rings is 1. The normalized spacial score (nSPS) is 16.1. The van der Waals surface area contributed by atoms with E-state index in [0.29, 0.717) is 19.5 Å². The van der Waals surface area contributed by atoms with Crippen LogP contribution in [0.1, 0.15) is 37.8 Å². The molecule has 3 amide bonds. The van der Waals surface area contributed by atoms with E-state index < -0.39 is 0 Å². The van der Waals surface area contributed by atoms with Gasteiger partial charge in [-0.3, -0.25) is 4.79 Å². The van der Waals surface area contributed by atoms with Crippen LogP contribution in [-0.2, 0) is 11.2 Å². The Morgan fingerprint density at radius 1 is 1.16 bits per heavy atom. The molecule has 1 aliphatic heterocycles. The molecule has 2 aromatic rings. The number of amides is 3. The molecular formula is C25H33N3O3. The van der Waals surface area contributed by atoms with Gasteiger partial charge in [-0.05, 0) is 69.4 Å². The number of urea groups is 1. The van der Waals surface area contributed by atoms with Crippen molar-refractivity contribution in [3.05, 3.63) is 59.7 Å². The molecule has 31 heavy (non-hydrogen) atoms. The van der Waals surface area contributed by atoms with Gasteiger partial charge in [-0.15, -0.1) is 0 Å². The van der Waals surface area contributed by atoms with Gasteiger partial charge >= 0.3 is 6.03 Å². The summed E-state index contributed by atoms with van der Waals surface area (Å²) >= 11 is 0. The first kappa shape index (κ1) is 22.7. The van der Waals surface area contributed by atoms with Crippen LogP contribution in [-0.4, -0.2) is 42.6 Å². The molecule has 166 valence electrons. The number of ether oxygens (including phenoxy) is 1. The van der Waals surface area contributed by atoms with Crippen LogP contribution in [0, 0.1) is 12.8 Å². The number of hydrogen-bond acceptors (Lipinski definition) is 3. The SMILES string of the molecule is Cc1ccc(NC(=O)NCC2CCCN(C(=O)Cc3cccc(OC(C)C)c3)C2)cc1. The third-order valence-corrected chi connectivity index (χ3v) is 5.36. The van der Waals surface area contributed by atoms with Crippen LogP contribution >= 0.6 is 0 Å². The van der Waals surface area contributed by atoms with Crippen molar-refractivity contribution in [3.63, 3.8) is 0 Å². The Morgan fingerprint density at radius 3 is 2.68 bits per heavy atom. The van der Waals surface area contributed by atoms with Crippen LogP contribution < -0.4 is 15.4 Å². The summed E-state index contributed by atoms with van der Waals surface area (Å²) in [5.41, 5.74) is 2.88. The minimum atomic E-state index is -0.214. The molecule has 1 heterocycles. The Balaban J connectivity index is 1.46. The van der Waals surface area contributed by atoms with Crippen molar-refractivity contribution in [3.8, 4) is 5.75 Å². The smallest absolute Gasteiger partial charge is 0.319 e. The third kappa shape index (κ3) is 7.31. The van der Waals surface area contributed by atoms with E-state index >= 15 is 0 Å². The highest BCUT2D eigenvalue weighted by Crippen LogP contribution is 2.19. The fourth-order valence-electron chi connectivity index (χ4n) is 3.79. The molecule has 6 nitrogen and oxygen atoms in total. The predicted octanol–water partition coefficient (Wildman–Crippen LogP) is 4.39. The molecule has 6 heteroatoms. The molecule has 1 saturated heterocycles. The summed E-state index contributed by atoms with van der Waals surface area (Å²) in [6, 6.07) is 15.2. The van der Waals surface area contributed by atoms with Gasteiger partial charge in [0.1, 0.15) is 5.75 Å². The fourth-order valence-corrected chi connectivity index (χ4v) is 3.79. The third-order valence-electron chi connectivity index (χ3n) is 5.36. The summed E-state index contributed by atoms with van der Waals surface area (Å²) in [6.07, 6.45) is 2.42. The van der Waals surface area contributed by atoms with E-state index in [1.165, 1.54) is 0 Å². The maximum Gasteiger partial charge on any atom is 0.319 e. The van der Waals surface area contributed by atoms with Crippen LogP contribution in [0.25, 0.3) is 0 Å². The first-order valence-corrected chi connectivity index (χ1v) is 11.0. The van der Waals surface area contributed by atoms with Crippen LogP contribution in [0.2, 0.25) is 0 Å². The van der Waals surface area contributed by atoms with Crippen LogP contribution in [0.15, 0.2) is 48.5 Å². The molecule has 2 aromatic carbocycles. The molecule has 0 bridgehead atoms. The standard InChI is InChI=1S/C25H33N3O3/c1-18(2)31-23-8-4-6-20(14-23)15-24(29)28-13-5-7-21(17-28)16-26-25(30)27-22-11-9-19(3)10-12-22/h4,6,8-12,14,18,21H,5,7,13,15-17H2,1-3H3,(H2,26,27,30). The lowest BCUT2D eigenvalue weighted by Crippen LogP contribution is -2.44. The van der Waals surface area contributed by atoms with Gasteiger partial charge in [0, 0.05) is 25.3 Å². The second kappa shape index (κ2) is 10.8. The molecular weight excluding hydrogens is 390 g/mol. The summed E-state index contributed by atoms with van der Waals surface area (Å²) in [6.45, 7) is 7.98. The molecule has 1 atom stereocenters. The van der Waals surface area contributed by atoms with E-state index in [2.05, 4.69) is 10.6 Å². The lowest BCUT2D eigenvalue weighted by Gasteiger charge is -2.33. The summed E-state index contributed by atoms with van der Waals surface area (Å²) in [5, 5.41) is 5.80. The van der Waals surface area contributed by atoms with Crippen molar-refractivity contribution in [1.82, 2.24) is 10.2 Å². The number of hydrogen-bond donors (Lipinski definition) is 2. The van der Waals surface area contributed by atoms with Gasteiger partial charge in [-0.25, -0.2) is 4.79 Å². The topological polar surface area (TPSA) is 70.7 Å². The number of likely N-dealkylation sites (tertiary alicyclic amines) is 1. The number of nitrogens with zero attached hydrogens (tertiary/aromatic N) is 1. The second-order valence-corrected chi connectivity index (χ2v) is 8.54. The van der Waals surface area contributed by atoms with E-state index in [0.717, 1.165) is 42.0 Å². The van der Waals surface area contributed by atoms with Crippen LogP contribution in [0.4, 0.5) is 10.5 Å². The fraction of sp³-hybridized carbons (Fsp3) is 0.440. The summed E-state index contributed by atoms with van der Waals surface area (Å²) < 4.78 is 5.73. The largest absolute Gasteiger partial charge is 0.491 e. The molecule has 1 aliphatic rings. The molecule has 2 N–H and O–H groups in total. The number of aryl methyl sites for hydroxylation is 1. The maximum atomic E-state index is 12.8. The number of carbonyl (C=O) groups is 2. The number of anilines is 1. The molecule has 0 saturated carbocycles. The number of carbonyl (C=O) groups excluding carboxylic acids is 2. The summed E-state index contributed by atoms with van der Waals surface area (Å²) in [7, 11) is 0. The maximum absolute atomic E-state index is 12.8. The highest BCUT2D eigenvalue weighted by Gasteiger charge is 2.24. The Labute approximate surface area is 185 Å². The molecule has 0 spiro atoms. The van der Waals surface area contributed by atoms with E-state index in [9.17, 15) is 9.59 Å². The summed E-state index contributed by atoms with van der Waals surface area (Å²) in [5.74, 6) is 1.17. The Bertz CT molecular complexity index is 880. The Kier molecular flexibility index (Phi) is 7.93. The monoisotopic (exact) mass is 423 g/mol. The Hall–Kier alpha value is -3.02. The lowest BCUT2D eigenvalue weighted by molar-refractivity contribution is -0.132. The zero-order valence-electron chi connectivity index (χ0n) is 18.7. The van der Waals surface area contributed by atoms with E-state index in [1.54, 1.807) is 0 Å². The van der Waals surface area contributed by atoms with Gasteiger partial charge < -0.3 is 20.3 Å². The van der Waals surface area contributed by atoms with Gasteiger partial charge in [0.05, 0.1) is 12.5 Å². The van der Waals surface area contributed by atoms with E-state index in [4.69, 9.17) is 4.74 Å². The molecule has 0 aromatic heterocycles. The van der Waals surface area contributed by atoms with Crippen molar-refractivity contribution >= 4 is 17.6 Å². The van der Waals surface area contributed by atoms with E-state index in [1.807, 2.05) is 74.2 Å². The average molecular weight is 424 g/mol. The Morgan fingerprint density at radius 2 is 1.94 bits per heavy atom. The van der Waals surface area contributed by atoms with Gasteiger partial charge in [0.25, 0.3) is 0 Å². The first-order valence-electron chi connectivity index (χ1n) is 11.0. The molecule has 3 rings (SSSR count). The average Bonchev–Trinajstić information content (AvgIpc) is 2.74. The second-order valence-electron chi connectivity index (χ2n) is 8.54. The first-order chi connectivity index (χ1) is 14.9. The van der Waals surface area contributed by atoms with Crippen molar-refractivity contribution in [1.29, 1.82) is 0 Å². The number of benzene rings is 2. The zero-order valence-corrected chi connectivity index (χ0v) is 18.7. The minimum absolute atomic E-state index is 0.101. The van der Waals surface area contributed by atoms with Crippen molar-refractivity contribution < 1.29 is 14.3 Å². The van der Waals surface area contributed by atoms with Crippen LogP contribution in [0.3, 0.4) is 0 Å². The van der Waals surface area contributed by atoms with Gasteiger partial charge in [-0.1, -0.05) is 29.8 Å². The molecule has 0 aliphatic carbocycles. The predicted molar refractivity (Wildman–Crippen MR) is 123 cm³/mol. The van der Waals surface area contributed by atoms with Crippen LogP contribution in [0.5, 0.6) is 5.75 Å². The summed E-state index contributed by atoms with van der Waals surface area (Å²) in [4.78, 5) is 26.9. The zero-order chi connectivity index (χ0) is 22.2. The van der Waals surface area contributed by atoms with Crippen molar-refractivity contribution in [2.75, 3.05) is 25.0 Å². The van der Waals surface area contributed by atoms with Crippen molar-refractivity contribution in [2.24, 2.45) is 5.92 Å². The van der Waals surface area contributed by atoms with Crippen molar-refractivity contribution in [2.45, 2.75) is 46.1 Å². The molecule has 1 fully saturated rings. The van der Waals surface area contributed by atoms with Gasteiger partial charge in [-0.2, -0.15) is 0 Å². The van der Waals surface area contributed by atoms with E-state index in [-0.39, 0.29) is 24.0 Å². The number of rotatable bonds is 7. The quantitative estimate of drug-likeness (QED) is 0.694. The lowest BCUT2D eigenvalue weighted by atomic mass is 9.97. The highest BCUT2D eigenvalue weighted by atomic mass is 16.5. The highest BCUT2D eigenvalue weighted by molar-refractivity contribution is 5.89. The van der Waals surface area contributed by atoms with Gasteiger partial charge in [0.2, 0.25) is 5.91 Å². The minimum Gasteiger partial charge on any atom is -0.491 e. The van der Waals surface area contributed by atoms with Gasteiger partial charge in [0.15, 0.2) is 0 Å². The molecule has 1 unspecified atom stereocenters. The number of nitrogens with one attached hydrogen (secondary N) is 2. The molecule has 0 radical (unpaired) electrons.